The molecule has 0 radical (unpaired) electrons. The van der Waals surface area contributed by atoms with E-state index in [0.29, 0.717) is 35.8 Å². The Morgan fingerprint density at radius 2 is 2.04 bits per heavy atom. The molecule has 0 fully saturated rings. The van der Waals surface area contributed by atoms with Gasteiger partial charge in [-0.05, 0) is 18.2 Å². The zero-order valence-corrected chi connectivity index (χ0v) is 15.1. The van der Waals surface area contributed by atoms with Gasteiger partial charge in [-0.3, -0.25) is 9.78 Å². The molecule has 1 amide bonds. The van der Waals surface area contributed by atoms with E-state index in [-0.39, 0.29) is 30.7 Å². The molecule has 0 aliphatic carbocycles. The molecule has 2 rings (SSSR count). The van der Waals surface area contributed by atoms with Gasteiger partial charge in [0.2, 0.25) is 0 Å². The zero-order valence-electron chi connectivity index (χ0n) is 12.7. The summed E-state index contributed by atoms with van der Waals surface area (Å²) < 4.78 is 4.93. The van der Waals surface area contributed by atoms with Crippen molar-refractivity contribution in [3.05, 3.63) is 41.0 Å². The van der Waals surface area contributed by atoms with E-state index in [9.17, 15) is 4.79 Å². The summed E-state index contributed by atoms with van der Waals surface area (Å²) in [7, 11) is 1.65. The van der Waals surface area contributed by atoms with Crippen LogP contribution in [0.25, 0.3) is 10.9 Å². The van der Waals surface area contributed by atoms with Crippen LogP contribution in [0.4, 0.5) is 0 Å². The van der Waals surface area contributed by atoms with Gasteiger partial charge in [-0.25, -0.2) is 0 Å². The lowest BCUT2D eigenvalue weighted by molar-refractivity contribution is 0.0955. The van der Waals surface area contributed by atoms with E-state index in [0.717, 1.165) is 11.9 Å². The van der Waals surface area contributed by atoms with Crippen LogP contribution in [0.5, 0.6) is 0 Å². The Hall–Kier alpha value is -1.11. The third-order valence-electron chi connectivity index (χ3n) is 2.98. The van der Waals surface area contributed by atoms with Crippen LogP contribution in [-0.2, 0) is 4.74 Å². The van der Waals surface area contributed by atoms with Crippen molar-refractivity contribution in [2.45, 2.75) is 0 Å². The third kappa shape index (κ3) is 6.49. The molecule has 0 unspecified atom stereocenters. The molecular formula is C15H20Cl3N3O2. The first kappa shape index (κ1) is 21.9. The number of methoxy groups -OCH3 is 1. The predicted molar refractivity (Wildman–Crippen MR) is 98.3 cm³/mol. The van der Waals surface area contributed by atoms with E-state index in [4.69, 9.17) is 16.3 Å². The maximum absolute atomic E-state index is 12.2. The van der Waals surface area contributed by atoms with E-state index >= 15 is 0 Å². The number of halogens is 3. The van der Waals surface area contributed by atoms with E-state index < -0.39 is 0 Å². The van der Waals surface area contributed by atoms with Crippen molar-refractivity contribution >= 4 is 53.2 Å². The van der Waals surface area contributed by atoms with Crippen molar-refractivity contribution in [1.82, 2.24) is 15.6 Å². The van der Waals surface area contributed by atoms with Crippen LogP contribution in [-0.4, -0.2) is 44.2 Å². The van der Waals surface area contributed by atoms with E-state index in [2.05, 4.69) is 15.6 Å². The van der Waals surface area contributed by atoms with Crippen molar-refractivity contribution in [1.29, 1.82) is 0 Å². The van der Waals surface area contributed by atoms with Crippen molar-refractivity contribution in [3.8, 4) is 0 Å². The summed E-state index contributed by atoms with van der Waals surface area (Å²) in [5, 5.41) is 7.40. The Morgan fingerprint density at radius 3 is 2.78 bits per heavy atom. The van der Waals surface area contributed by atoms with Crippen LogP contribution >= 0.6 is 36.4 Å². The lowest BCUT2D eigenvalue weighted by Crippen LogP contribution is -2.33. The number of amides is 1. The smallest absolute Gasteiger partial charge is 0.253 e. The van der Waals surface area contributed by atoms with Gasteiger partial charge in [-0.1, -0.05) is 17.7 Å². The fourth-order valence-corrected chi connectivity index (χ4v) is 2.21. The summed E-state index contributed by atoms with van der Waals surface area (Å²) >= 11 is 6.05. The number of benzene rings is 1. The number of carbonyl (C=O) groups is 1. The van der Waals surface area contributed by atoms with Gasteiger partial charge >= 0.3 is 0 Å². The second-order valence-corrected chi connectivity index (χ2v) is 4.96. The molecule has 1 aromatic heterocycles. The summed E-state index contributed by atoms with van der Waals surface area (Å²) in [6.07, 6.45) is 1.67. The molecular weight excluding hydrogens is 361 g/mol. The Kier molecular flexibility index (Phi) is 10.9. The monoisotopic (exact) mass is 379 g/mol. The number of rotatable bonds is 7. The molecule has 8 heteroatoms. The Labute approximate surface area is 153 Å². The molecule has 0 saturated heterocycles. The largest absolute Gasteiger partial charge is 0.383 e. The maximum Gasteiger partial charge on any atom is 0.253 e. The van der Waals surface area contributed by atoms with Crippen molar-refractivity contribution in [2.24, 2.45) is 0 Å². The minimum absolute atomic E-state index is 0. The first-order valence-corrected chi connectivity index (χ1v) is 7.12. The highest BCUT2D eigenvalue weighted by Gasteiger charge is 2.11. The molecule has 0 spiro atoms. The summed E-state index contributed by atoms with van der Waals surface area (Å²) in [5.41, 5.74) is 1.15. The highest BCUT2D eigenvalue weighted by atomic mass is 35.5. The third-order valence-corrected chi connectivity index (χ3v) is 3.20. The number of hydrogen-bond donors (Lipinski definition) is 2. The summed E-state index contributed by atoms with van der Waals surface area (Å²) in [5.74, 6) is -0.172. The molecule has 2 aromatic rings. The lowest BCUT2D eigenvalue weighted by Gasteiger charge is -2.09. The second kappa shape index (κ2) is 11.4. The van der Waals surface area contributed by atoms with Crippen LogP contribution in [0.2, 0.25) is 5.02 Å². The van der Waals surface area contributed by atoms with Crippen LogP contribution in [0.3, 0.4) is 0 Å². The van der Waals surface area contributed by atoms with E-state index in [1.165, 1.54) is 0 Å². The van der Waals surface area contributed by atoms with Crippen LogP contribution < -0.4 is 10.6 Å². The van der Waals surface area contributed by atoms with Gasteiger partial charge in [-0.2, -0.15) is 0 Å². The predicted octanol–water partition coefficient (Wildman–Crippen LogP) is 2.70. The number of nitrogens with one attached hydrogen (secondary N) is 2. The molecule has 1 aromatic carbocycles. The van der Waals surface area contributed by atoms with E-state index in [1.54, 1.807) is 25.4 Å². The normalized spacial score (nSPS) is 9.83. The fraction of sp³-hybridized carbons (Fsp3) is 0.333. The molecule has 128 valence electrons. The van der Waals surface area contributed by atoms with Gasteiger partial charge in [0.1, 0.15) is 0 Å². The quantitative estimate of drug-likeness (QED) is 0.725. The van der Waals surface area contributed by atoms with E-state index in [1.807, 2.05) is 12.1 Å². The standard InChI is InChI=1S/C15H18ClN3O2.2ClH/c1-21-8-7-17-5-6-19-15(20)13-10-12(16)9-11-3-2-4-18-14(11)13;;/h2-4,9-10,17H,5-8H2,1H3,(H,19,20);2*1H. The highest BCUT2D eigenvalue weighted by molar-refractivity contribution is 6.32. The Balaban J connectivity index is 0.00000242. The zero-order chi connectivity index (χ0) is 15.1. The second-order valence-electron chi connectivity index (χ2n) is 4.53. The number of pyridine rings is 1. The summed E-state index contributed by atoms with van der Waals surface area (Å²) in [6.45, 7) is 2.62. The van der Waals surface area contributed by atoms with Gasteiger partial charge in [0.15, 0.2) is 0 Å². The first-order valence-electron chi connectivity index (χ1n) is 6.74. The van der Waals surface area contributed by atoms with Gasteiger partial charge in [0.25, 0.3) is 5.91 Å². The lowest BCUT2D eigenvalue weighted by atomic mass is 10.1. The average Bonchev–Trinajstić information content (AvgIpc) is 2.49. The molecule has 0 atom stereocenters. The van der Waals surface area contributed by atoms with Crippen LogP contribution in [0.15, 0.2) is 30.5 Å². The molecule has 5 nitrogen and oxygen atoms in total. The Bertz CT molecular complexity index is 626. The number of fused-ring (bicyclic) bond motifs is 1. The van der Waals surface area contributed by atoms with Crippen LogP contribution in [0, 0.1) is 0 Å². The molecule has 0 aliphatic heterocycles. The SMILES string of the molecule is COCCNCCNC(=O)c1cc(Cl)cc2cccnc12.Cl.Cl. The average molecular weight is 381 g/mol. The molecule has 2 N–H and O–H groups in total. The van der Waals surface area contributed by atoms with Gasteiger partial charge in [-0.15, -0.1) is 24.8 Å². The van der Waals surface area contributed by atoms with Gasteiger partial charge < -0.3 is 15.4 Å². The molecule has 23 heavy (non-hydrogen) atoms. The van der Waals surface area contributed by atoms with Gasteiger partial charge in [0.05, 0.1) is 17.7 Å². The van der Waals surface area contributed by atoms with Crippen molar-refractivity contribution in [3.63, 3.8) is 0 Å². The highest BCUT2D eigenvalue weighted by Crippen LogP contribution is 2.22. The topological polar surface area (TPSA) is 63.2 Å². The number of hydrogen-bond acceptors (Lipinski definition) is 4. The number of aromatic nitrogens is 1. The molecule has 1 heterocycles. The number of nitrogens with zero attached hydrogens (tertiary/aromatic N) is 1. The molecule has 0 aliphatic rings. The summed E-state index contributed by atoms with van der Waals surface area (Å²) in [4.78, 5) is 16.5. The van der Waals surface area contributed by atoms with Gasteiger partial charge in [0, 0.05) is 43.3 Å². The fourth-order valence-electron chi connectivity index (χ4n) is 1.99. The Morgan fingerprint density at radius 1 is 1.26 bits per heavy atom. The van der Waals surface area contributed by atoms with Crippen LogP contribution in [0.1, 0.15) is 10.4 Å². The summed E-state index contributed by atoms with van der Waals surface area (Å²) in [6, 6.07) is 7.15. The van der Waals surface area contributed by atoms with Crippen molar-refractivity contribution < 1.29 is 9.53 Å². The van der Waals surface area contributed by atoms with Crippen molar-refractivity contribution in [2.75, 3.05) is 33.4 Å². The number of carbonyl (C=O) groups excluding carboxylic acids is 1. The molecule has 0 saturated carbocycles. The maximum atomic E-state index is 12.2. The minimum Gasteiger partial charge on any atom is -0.383 e. The molecule has 0 bridgehead atoms. The number of ether oxygens (including phenoxy) is 1. The minimum atomic E-state index is -0.172. The first-order chi connectivity index (χ1) is 10.2.